The molecule has 0 bridgehead atoms. The first-order chi connectivity index (χ1) is 20.0. The average Bonchev–Trinajstić information content (AvgIpc) is 3.41. The third-order valence-electron chi connectivity index (χ3n) is 6.10. The number of allylic oxidation sites excluding steroid dienone is 1. The Kier molecular flexibility index (Phi) is 14.6. The van der Waals surface area contributed by atoms with Crippen molar-refractivity contribution in [1.82, 2.24) is 24.9 Å². The molecule has 4 aromatic rings. The van der Waals surface area contributed by atoms with Crippen LogP contribution in [-0.2, 0) is 28.9 Å². The van der Waals surface area contributed by atoms with Gasteiger partial charge in [0.2, 0.25) is 12.3 Å². The Balaban J connectivity index is 0.000000244. The predicted octanol–water partition coefficient (Wildman–Crippen LogP) is 6.66. The normalized spacial score (nSPS) is 11.2. The fourth-order valence-electron chi connectivity index (χ4n) is 3.77. The van der Waals surface area contributed by atoms with E-state index in [0.29, 0.717) is 43.5 Å². The molecule has 226 valence electrons. The summed E-state index contributed by atoms with van der Waals surface area (Å²) in [5.41, 5.74) is 1.94. The highest BCUT2D eigenvalue weighted by Gasteiger charge is 2.17. The van der Waals surface area contributed by atoms with Crippen molar-refractivity contribution in [1.29, 1.82) is 0 Å². The maximum absolute atomic E-state index is 12.6. The molecule has 42 heavy (non-hydrogen) atoms. The van der Waals surface area contributed by atoms with Gasteiger partial charge < -0.3 is 19.1 Å². The van der Waals surface area contributed by atoms with E-state index in [1.54, 1.807) is 24.9 Å². The lowest BCUT2D eigenvalue weighted by Gasteiger charge is -2.24. The van der Waals surface area contributed by atoms with Crippen LogP contribution in [0.4, 0.5) is 4.39 Å². The molecule has 0 radical (unpaired) electrons. The number of rotatable bonds is 11. The minimum Gasteiger partial charge on any atom is -0.497 e. The van der Waals surface area contributed by atoms with Crippen LogP contribution >= 0.6 is 11.6 Å². The molecule has 1 unspecified atom stereocenters. The number of carbonyl (C=O) groups excluding carboxylic acids is 1. The molecule has 1 amide bonds. The van der Waals surface area contributed by atoms with Gasteiger partial charge in [0.05, 0.1) is 23.4 Å². The monoisotopic (exact) mass is 597 g/mol. The second-order valence-electron chi connectivity index (χ2n) is 10.1. The van der Waals surface area contributed by atoms with Crippen molar-refractivity contribution < 1.29 is 18.4 Å². The van der Waals surface area contributed by atoms with E-state index >= 15 is 0 Å². The van der Waals surface area contributed by atoms with E-state index in [2.05, 4.69) is 39.9 Å². The Morgan fingerprint density at radius 1 is 1.17 bits per heavy atom. The first-order valence-corrected chi connectivity index (χ1v) is 14.1. The van der Waals surface area contributed by atoms with Crippen molar-refractivity contribution >= 4 is 28.8 Å². The number of carbonyl (C=O) groups is 1. The highest BCUT2D eigenvalue weighted by molar-refractivity contribution is 6.31. The molecule has 0 aliphatic rings. The first-order valence-electron chi connectivity index (χ1n) is 13.7. The van der Waals surface area contributed by atoms with Gasteiger partial charge in [-0.15, -0.1) is 0 Å². The molecule has 0 aliphatic carbocycles. The van der Waals surface area contributed by atoms with Gasteiger partial charge in [-0.25, -0.2) is 4.39 Å². The molecule has 0 aliphatic heterocycles. The number of fused-ring (bicyclic) bond motifs is 1. The Hall–Kier alpha value is -3.82. The molecule has 10 heteroatoms. The third kappa shape index (κ3) is 12.0. The molecule has 4 rings (SSSR count). The molecule has 0 spiro atoms. The molecule has 0 fully saturated rings. The summed E-state index contributed by atoms with van der Waals surface area (Å²) >= 11 is 5.62. The summed E-state index contributed by atoms with van der Waals surface area (Å²) in [6, 6.07) is 15.1. The quantitative estimate of drug-likeness (QED) is 0.141. The molecule has 2 heterocycles. The van der Waals surface area contributed by atoms with Crippen LogP contribution in [0.3, 0.4) is 0 Å². The van der Waals surface area contributed by atoms with Gasteiger partial charge in [-0.05, 0) is 63.9 Å². The topological polar surface area (TPSA) is 84.6 Å². The lowest BCUT2D eigenvalue weighted by molar-refractivity contribution is -0.119. The van der Waals surface area contributed by atoms with Crippen LogP contribution < -0.4 is 0 Å². The zero-order chi connectivity index (χ0) is 31.1. The largest absolute Gasteiger partial charge is 0.497 e. The summed E-state index contributed by atoms with van der Waals surface area (Å²) in [7, 11) is 5.62. The number of nitrogens with zero attached hydrogens (tertiary/aromatic N) is 5. The van der Waals surface area contributed by atoms with Crippen LogP contribution in [0, 0.1) is 12.7 Å². The molecular formula is C32H41ClFN5O3. The molecular weight excluding hydrogens is 557 g/mol. The maximum Gasteiger partial charge on any atom is 0.226 e. The van der Waals surface area contributed by atoms with Crippen LogP contribution in [-0.4, -0.2) is 65.1 Å². The lowest BCUT2D eigenvalue weighted by Crippen LogP contribution is -2.35. The summed E-state index contributed by atoms with van der Waals surface area (Å²) in [5, 5.41) is 6.64. The fourth-order valence-corrected chi connectivity index (χ4v) is 4.03. The molecule has 0 saturated carbocycles. The van der Waals surface area contributed by atoms with Gasteiger partial charge in [-0.3, -0.25) is 9.78 Å². The summed E-state index contributed by atoms with van der Waals surface area (Å²) in [6.07, 6.45) is 4.76. The van der Waals surface area contributed by atoms with Crippen molar-refractivity contribution in [2.75, 3.05) is 27.7 Å². The number of ether oxygens (including phenoxy) is 1. The van der Waals surface area contributed by atoms with Crippen molar-refractivity contribution in [2.45, 2.75) is 52.6 Å². The van der Waals surface area contributed by atoms with E-state index in [4.69, 9.17) is 20.9 Å². The number of hydrogen-bond donors (Lipinski definition) is 0. The molecule has 8 nitrogen and oxygen atoms in total. The molecule has 1 atom stereocenters. The van der Waals surface area contributed by atoms with E-state index in [1.807, 2.05) is 57.2 Å². The highest BCUT2D eigenvalue weighted by atomic mass is 35.5. The number of hydrogen-bond acceptors (Lipinski definition) is 7. The van der Waals surface area contributed by atoms with Crippen LogP contribution in [0.15, 0.2) is 71.6 Å². The molecule has 2 aromatic heterocycles. The van der Waals surface area contributed by atoms with Crippen LogP contribution in [0.5, 0.6) is 0 Å². The maximum atomic E-state index is 12.6. The number of amides is 1. The fraction of sp³-hybridized carbons (Fsp3) is 0.375. The Bertz CT molecular complexity index is 1410. The number of aromatic nitrogens is 3. The van der Waals surface area contributed by atoms with E-state index in [-0.39, 0.29) is 16.9 Å². The third-order valence-corrected chi connectivity index (χ3v) is 6.53. The highest BCUT2D eigenvalue weighted by Crippen LogP contribution is 2.19. The van der Waals surface area contributed by atoms with Crippen molar-refractivity contribution in [3.63, 3.8) is 0 Å². The van der Waals surface area contributed by atoms with Crippen molar-refractivity contribution in [3.8, 4) is 0 Å². The zero-order valence-corrected chi connectivity index (χ0v) is 26.1. The van der Waals surface area contributed by atoms with Crippen LogP contribution in [0.25, 0.3) is 10.8 Å². The summed E-state index contributed by atoms with van der Waals surface area (Å²) in [6.45, 7) is 10.5. The Labute approximate surface area is 253 Å². The summed E-state index contributed by atoms with van der Waals surface area (Å²) in [5.74, 6) is 1.53. The van der Waals surface area contributed by atoms with Gasteiger partial charge in [0.1, 0.15) is 12.4 Å². The number of halogens is 2. The van der Waals surface area contributed by atoms with Crippen molar-refractivity contribution in [3.05, 3.63) is 101 Å². The van der Waals surface area contributed by atoms with Gasteiger partial charge in [0, 0.05) is 30.7 Å². The Morgan fingerprint density at radius 2 is 1.88 bits per heavy atom. The number of aryl methyl sites for hydroxylation is 3. The van der Waals surface area contributed by atoms with Gasteiger partial charge in [0.15, 0.2) is 5.82 Å². The van der Waals surface area contributed by atoms with Crippen LogP contribution in [0.1, 0.15) is 43.2 Å². The lowest BCUT2D eigenvalue weighted by atomic mass is 10.1. The minimum atomic E-state index is -0.332. The average molecular weight is 598 g/mol. The summed E-state index contributed by atoms with van der Waals surface area (Å²) < 4.78 is 23.2. The first kappa shape index (κ1) is 34.4. The summed E-state index contributed by atoms with van der Waals surface area (Å²) in [4.78, 5) is 23.0. The molecule has 0 saturated heterocycles. The SMILES string of the molecule is C=C(C)OCC(CCc1nc(CN(C)C)no1)N(C)C=O.CCc1cccc(F)c1Cl.Cc1cc2ccccc2cn1. The minimum absolute atomic E-state index is 0.0524. The van der Waals surface area contributed by atoms with Gasteiger partial charge in [-0.1, -0.05) is 66.7 Å². The molecule has 2 aromatic carbocycles. The number of benzene rings is 2. The van der Waals surface area contributed by atoms with Gasteiger partial charge in [-0.2, -0.15) is 4.98 Å². The van der Waals surface area contributed by atoms with E-state index in [0.717, 1.165) is 24.1 Å². The smallest absolute Gasteiger partial charge is 0.226 e. The second-order valence-corrected chi connectivity index (χ2v) is 10.4. The predicted molar refractivity (Wildman–Crippen MR) is 166 cm³/mol. The number of pyridine rings is 1. The van der Waals surface area contributed by atoms with Gasteiger partial charge in [0.25, 0.3) is 0 Å². The van der Waals surface area contributed by atoms with E-state index in [1.165, 1.54) is 16.8 Å². The van der Waals surface area contributed by atoms with E-state index in [9.17, 15) is 9.18 Å². The molecule has 0 N–H and O–H groups in total. The second kappa shape index (κ2) is 17.9. The van der Waals surface area contributed by atoms with Crippen LogP contribution in [0.2, 0.25) is 5.02 Å². The standard InChI is InChI=1S/C14H24N4O3.C10H9N.C8H8ClF/c1-11(2)20-9-12(18(5)10-19)6-7-14-15-13(16-21-14)8-17(3)4;1-8-6-9-4-2-3-5-10(9)7-11-8;1-2-6-4-3-5-7(10)8(6)9/h10,12H,1,6-9H2,2-5H3;2-7H,1H3;3-5H,2H2,1H3. The Morgan fingerprint density at radius 3 is 2.50 bits per heavy atom. The zero-order valence-electron chi connectivity index (χ0n) is 25.3. The van der Waals surface area contributed by atoms with E-state index < -0.39 is 0 Å². The van der Waals surface area contributed by atoms with Crippen molar-refractivity contribution in [2.24, 2.45) is 0 Å². The number of likely N-dealkylation sites (N-methyl/N-ethyl adjacent to an activating group) is 1. The van der Waals surface area contributed by atoms with Gasteiger partial charge >= 0.3 is 0 Å².